The Morgan fingerprint density at radius 2 is 1.13 bits per heavy atom. The lowest BCUT2D eigenvalue weighted by Gasteiger charge is -2.36. The van der Waals surface area contributed by atoms with E-state index in [0.29, 0.717) is 0 Å². The lowest BCUT2D eigenvalue weighted by Crippen LogP contribution is -2.29. The first-order chi connectivity index (χ1) is 37.9. The van der Waals surface area contributed by atoms with Crippen molar-refractivity contribution in [2.75, 3.05) is 16.3 Å². The second-order valence-electron chi connectivity index (χ2n) is 21.9. The minimum absolute atomic E-state index is 0.139. The third-order valence-electron chi connectivity index (χ3n) is 17.8. The molecular formula is C75H62N2. The summed E-state index contributed by atoms with van der Waals surface area (Å²) in [7, 11) is 0. The zero-order valence-corrected chi connectivity index (χ0v) is 44.1. The number of anilines is 4. The van der Waals surface area contributed by atoms with Gasteiger partial charge in [-0.1, -0.05) is 226 Å². The number of nitrogens with zero attached hydrogens (tertiary/aromatic N) is 2. The quantitative estimate of drug-likeness (QED) is 0.0995. The van der Waals surface area contributed by atoms with Crippen LogP contribution >= 0.6 is 0 Å². The van der Waals surface area contributed by atoms with Gasteiger partial charge in [0.2, 0.25) is 0 Å². The Hall–Kier alpha value is -8.72. The summed E-state index contributed by atoms with van der Waals surface area (Å²) >= 11 is 0. The summed E-state index contributed by atoms with van der Waals surface area (Å²) in [6.07, 6.45) is 17.8. The third kappa shape index (κ3) is 7.52. The van der Waals surface area contributed by atoms with E-state index in [-0.39, 0.29) is 5.41 Å². The molecule has 1 spiro atoms. The molecule has 2 heterocycles. The Morgan fingerprint density at radius 3 is 1.79 bits per heavy atom. The highest BCUT2D eigenvalue weighted by atomic mass is 15.2. The van der Waals surface area contributed by atoms with Crippen LogP contribution in [0.3, 0.4) is 0 Å². The van der Waals surface area contributed by atoms with Crippen molar-refractivity contribution in [1.29, 1.82) is 0 Å². The number of aryl methyl sites for hydroxylation is 1. The molecule has 2 aliphatic heterocycles. The SMILES string of the molecule is C=C(C=CC1=C(C)C2(Cc3ccccc3C2)c2cc(C=C(CCC)c3ccc4c(c3)C(c3ccccc3)(c3ccccc3)c3cc(N5CCCc6ccccc65)ccc3-4)ccc21)N1c2ccccc2C=Cc2ccccc21. The molecule has 0 bridgehead atoms. The van der Waals surface area contributed by atoms with E-state index < -0.39 is 5.41 Å². The molecule has 0 radical (unpaired) electrons. The molecule has 0 unspecified atom stereocenters. The summed E-state index contributed by atoms with van der Waals surface area (Å²) < 4.78 is 0. The first-order valence-corrected chi connectivity index (χ1v) is 27.9. The van der Waals surface area contributed by atoms with E-state index in [1.807, 2.05) is 0 Å². The van der Waals surface area contributed by atoms with Crippen molar-refractivity contribution in [3.63, 3.8) is 0 Å². The van der Waals surface area contributed by atoms with E-state index in [0.717, 1.165) is 62.1 Å². The largest absolute Gasteiger partial charge is 0.341 e. The molecule has 77 heavy (non-hydrogen) atoms. The third-order valence-corrected chi connectivity index (χ3v) is 17.8. The maximum atomic E-state index is 4.76. The van der Waals surface area contributed by atoms with Crippen LogP contribution in [0.15, 0.2) is 242 Å². The predicted molar refractivity (Wildman–Crippen MR) is 325 cm³/mol. The second kappa shape index (κ2) is 18.8. The van der Waals surface area contributed by atoms with Crippen molar-refractivity contribution in [2.45, 2.75) is 63.2 Å². The molecule has 0 N–H and O–H groups in total. The molecule has 0 saturated heterocycles. The minimum atomic E-state index is -0.529. The van der Waals surface area contributed by atoms with Gasteiger partial charge in [-0.25, -0.2) is 0 Å². The lowest BCUT2D eigenvalue weighted by atomic mass is 9.67. The Balaban J connectivity index is 0.882. The topological polar surface area (TPSA) is 6.48 Å². The molecule has 9 aromatic carbocycles. The Morgan fingerprint density at radius 1 is 0.558 bits per heavy atom. The van der Waals surface area contributed by atoms with E-state index in [2.05, 4.69) is 266 Å². The monoisotopic (exact) mass is 990 g/mol. The van der Waals surface area contributed by atoms with Gasteiger partial charge in [-0.2, -0.15) is 0 Å². The van der Waals surface area contributed by atoms with Crippen LogP contribution in [0.25, 0.3) is 40.5 Å². The Bertz CT molecular complexity index is 3840. The van der Waals surface area contributed by atoms with Crippen molar-refractivity contribution < 1.29 is 0 Å². The number of rotatable bonds is 10. The van der Waals surface area contributed by atoms with Crippen molar-refractivity contribution in [3.05, 3.63) is 315 Å². The van der Waals surface area contributed by atoms with Crippen LogP contribution in [0.5, 0.6) is 0 Å². The first kappa shape index (κ1) is 46.8. The molecule has 14 rings (SSSR count). The van der Waals surface area contributed by atoms with Crippen LogP contribution in [0.4, 0.5) is 22.7 Å². The molecule has 0 saturated carbocycles. The number of para-hydroxylation sites is 3. The molecule has 0 fully saturated rings. The van der Waals surface area contributed by atoms with E-state index >= 15 is 0 Å². The van der Waals surface area contributed by atoms with Crippen molar-refractivity contribution in [2.24, 2.45) is 0 Å². The van der Waals surface area contributed by atoms with E-state index in [1.54, 1.807) is 0 Å². The number of hydrogen-bond donors (Lipinski definition) is 0. The smallest absolute Gasteiger partial charge is 0.0714 e. The standard InChI is InChI=1S/C75H62N2/c1-4-20-57(58-38-42-66-67-43-39-63(76-44-19-26-54-21-13-16-31-71(54)76)48-70(67)75(69(66)47-58,61-27-7-5-8-28-61)62-29-9-6-10-30-62)45-53-35-41-65-64(52(3)74(68(65)46-53)49-59-24-11-12-25-60(59)50-74)40-34-51(2)77-72-32-17-14-22-55(72)36-37-56-23-15-18-33-73(56)77/h5-18,21-25,27-43,45-48H,2,4,19-20,26,44,49-50H2,1,3H3. The fourth-order valence-corrected chi connectivity index (χ4v) is 14.2. The van der Waals surface area contributed by atoms with Gasteiger partial charge in [0, 0.05) is 29.0 Å². The molecule has 0 amide bonds. The predicted octanol–water partition coefficient (Wildman–Crippen LogP) is 18.7. The molecular weight excluding hydrogens is 929 g/mol. The number of benzene rings is 9. The summed E-state index contributed by atoms with van der Waals surface area (Å²) in [4.78, 5) is 4.88. The van der Waals surface area contributed by atoms with Gasteiger partial charge in [0.05, 0.1) is 16.8 Å². The van der Waals surface area contributed by atoms with E-state index in [1.165, 1.54) is 112 Å². The van der Waals surface area contributed by atoms with Crippen LogP contribution in [-0.4, -0.2) is 6.54 Å². The van der Waals surface area contributed by atoms with Gasteiger partial charge in [0.25, 0.3) is 0 Å². The normalized spacial score (nSPS) is 16.2. The minimum Gasteiger partial charge on any atom is -0.341 e. The van der Waals surface area contributed by atoms with E-state index in [4.69, 9.17) is 6.58 Å². The highest BCUT2D eigenvalue weighted by molar-refractivity contribution is 5.94. The van der Waals surface area contributed by atoms with Gasteiger partial charge in [0.15, 0.2) is 0 Å². The zero-order valence-electron chi connectivity index (χ0n) is 44.1. The lowest BCUT2D eigenvalue weighted by molar-refractivity contribution is 0.547. The number of fused-ring (bicyclic) bond motifs is 9. The van der Waals surface area contributed by atoms with Gasteiger partial charge in [-0.15, -0.1) is 0 Å². The van der Waals surface area contributed by atoms with Gasteiger partial charge in [-0.3, -0.25) is 0 Å². The van der Waals surface area contributed by atoms with Gasteiger partial charge in [-0.05, 0) is 176 Å². The van der Waals surface area contributed by atoms with Crippen molar-refractivity contribution in [3.8, 4) is 11.1 Å². The maximum absolute atomic E-state index is 4.76. The van der Waals surface area contributed by atoms with Gasteiger partial charge in [0.1, 0.15) is 0 Å². The summed E-state index contributed by atoms with van der Waals surface area (Å²) in [5.74, 6) is 0. The fraction of sp³-hybridized carbons (Fsp3) is 0.147. The molecule has 0 atom stereocenters. The fourth-order valence-electron chi connectivity index (χ4n) is 14.2. The average Bonchev–Trinajstić information content (AvgIpc) is 4.19. The zero-order chi connectivity index (χ0) is 51.7. The van der Waals surface area contributed by atoms with Crippen LogP contribution in [-0.2, 0) is 30.1 Å². The van der Waals surface area contributed by atoms with Crippen molar-refractivity contribution in [1.82, 2.24) is 0 Å². The van der Waals surface area contributed by atoms with Gasteiger partial charge >= 0.3 is 0 Å². The molecule has 0 aromatic heterocycles. The Labute approximate surface area is 455 Å². The van der Waals surface area contributed by atoms with Crippen LogP contribution < -0.4 is 9.80 Å². The molecule has 2 nitrogen and oxygen atoms in total. The van der Waals surface area contributed by atoms with Crippen LogP contribution in [0, 0.1) is 0 Å². The summed E-state index contributed by atoms with van der Waals surface area (Å²) in [6, 6.07) is 80.1. The first-order valence-electron chi connectivity index (χ1n) is 27.9. The highest BCUT2D eigenvalue weighted by Crippen LogP contribution is 2.59. The summed E-state index contributed by atoms with van der Waals surface area (Å²) in [5, 5.41) is 0. The summed E-state index contributed by atoms with van der Waals surface area (Å²) in [6.45, 7) is 10.5. The molecule has 9 aromatic rings. The summed E-state index contributed by atoms with van der Waals surface area (Å²) in [5.41, 5.74) is 29.1. The molecule has 5 aliphatic rings. The van der Waals surface area contributed by atoms with Gasteiger partial charge < -0.3 is 9.80 Å². The average molecular weight is 991 g/mol. The highest BCUT2D eigenvalue weighted by Gasteiger charge is 2.48. The molecule has 372 valence electrons. The molecule has 2 heteroatoms. The number of hydrogen-bond acceptors (Lipinski definition) is 2. The molecule has 3 aliphatic carbocycles. The second-order valence-corrected chi connectivity index (χ2v) is 21.9. The van der Waals surface area contributed by atoms with Crippen molar-refractivity contribution >= 4 is 52.1 Å². The van der Waals surface area contributed by atoms with Crippen LogP contribution in [0.1, 0.15) is 105 Å². The number of allylic oxidation sites excluding steroid dienone is 5. The van der Waals surface area contributed by atoms with Crippen LogP contribution in [0.2, 0.25) is 0 Å². The Kier molecular flexibility index (Phi) is 11.4. The van der Waals surface area contributed by atoms with E-state index in [9.17, 15) is 0 Å². The maximum Gasteiger partial charge on any atom is 0.0714 e.